The monoisotopic (exact) mass is 224 g/mol. The van der Waals surface area contributed by atoms with Crippen LogP contribution in [0, 0.1) is 23.2 Å². The van der Waals surface area contributed by atoms with Gasteiger partial charge in [0.15, 0.2) is 0 Å². The highest BCUT2D eigenvalue weighted by molar-refractivity contribution is 7.99. The highest BCUT2D eigenvalue weighted by atomic mass is 32.2. The van der Waals surface area contributed by atoms with Crippen LogP contribution < -0.4 is 0 Å². The molecule has 1 aliphatic heterocycles. The molecule has 0 amide bonds. The molecule has 2 aliphatic rings. The van der Waals surface area contributed by atoms with Crippen LogP contribution in [0.1, 0.15) is 26.2 Å². The van der Waals surface area contributed by atoms with Crippen LogP contribution in [0.25, 0.3) is 0 Å². The Labute approximate surface area is 97.0 Å². The van der Waals surface area contributed by atoms with Gasteiger partial charge in [-0.25, -0.2) is 0 Å². The van der Waals surface area contributed by atoms with E-state index in [1.807, 2.05) is 11.8 Å². The van der Waals surface area contributed by atoms with Crippen LogP contribution in [0.4, 0.5) is 0 Å². The largest absolute Gasteiger partial charge is 0.297 e. The van der Waals surface area contributed by atoms with Crippen molar-refractivity contribution in [2.45, 2.75) is 32.2 Å². The molecule has 2 nitrogen and oxygen atoms in total. The van der Waals surface area contributed by atoms with Crippen LogP contribution in [0.5, 0.6) is 0 Å². The van der Waals surface area contributed by atoms with Crippen molar-refractivity contribution in [1.29, 1.82) is 5.26 Å². The molecule has 0 aromatic rings. The minimum atomic E-state index is 0.296. The van der Waals surface area contributed by atoms with Gasteiger partial charge < -0.3 is 0 Å². The molecule has 84 valence electrons. The fourth-order valence-electron chi connectivity index (χ4n) is 2.81. The summed E-state index contributed by atoms with van der Waals surface area (Å²) in [7, 11) is 0. The third-order valence-electron chi connectivity index (χ3n) is 3.76. The number of nitrogens with zero attached hydrogens (tertiary/aromatic N) is 2. The van der Waals surface area contributed by atoms with Crippen molar-refractivity contribution in [3.8, 4) is 6.07 Å². The van der Waals surface area contributed by atoms with Crippen LogP contribution in [0.3, 0.4) is 0 Å². The minimum absolute atomic E-state index is 0.296. The topological polar surface area (TPSA) is 27.0 Å². The Balaban J connectivity index is 1.99. The highest BCUT2D eigenvalue weighted by Gasteiger charge is 2.33. The Morgan fingerprint density at radius 1 is 1.27 bits per heavy atom. The van der Waals surface area contributed by atoms with Crippen LogP contribution in [0.2, 0.25) is 0 Å². The van der Waals surface area contributed by atoms with E-state index in [0.29, 0.717) is 12.0 Å². The first-order valence-corrected chi connectivity index (χ1v) is 7.18. The fraction of sp³-hybridized carbons (Fsp3) is 0.917. The predicted molar refractivity (Wildman–Crippen MR) is 64.8 cm³/mol. The molecule has 3 unspecified atom stereocenters. The maximum atomic E-state index is 9.20. The van der Waals surface area contributed by atoms with Gasteiger partial charge in [-0.1, -0.05) is 6.92 Å². The van der Waals surface area contributed by atoms with E-state index in [1.54, 1.807) is 0 Å². The van der Waals surface area contributed by atoms with E-state index in [0.717, 1.165) is 12.3 Å². The van der Waals surface area contributed by atoms with E-state index in [1.165, 1.54) is 37.4 Å². The van der Waals surface area contributed by atoms with Gasteiger partial charge in [0.05, 0.1) is 12.0 Å². The smallest absolute Gasteiger partial charge is 0.0672 e. The summed E-state index contributed by atoms with van der Waals surface area (Å²) in [5.74, 6) is 3.62. The summed E-state index contributed by atoms with van der Waals surface area (Å²) >= 11 is 2.05. The standard InChI is InChI=1S/C12H20N2S/c1-10-2-3-11(9-13)12(8-10)14-4-6-15-7-5-14/h10-12H,2-8H2,1H3. The first-order valence-electron chi connectivity index (χ1n) is 6.02. The van der Waals surface area contributed by atoms with Crippen LogP contribution in [-0.4, -0.2) is 35.5 Å². The van der Waals surface area contributed by atoms with Gasteiger partial charge in [-0.2, -0.15) is 17.0 Å². The SMILES string of the molecule is CC1CCC(C#N)C(N2CCSCC2)C1. The number of nitriles is 1. The molecule has 1 heterocycles. The number of hydrogen-bond acceptors (Lipinski definition) is 3. The molecular weight excluding hydrogens is 204 g/mol. The molecule has 0 N–H and O–H groups in total. The van der Waals surface area contributed by atoms with Gasteiger partial charge in [0.1, 0.15) is 0 Å². The Hall–Kier alpha value is -0.200. The molecule has 0 radical (unpaired) electrons. The van der Waals surface area contributed by atoms with Gasteiger partial charge in [-0.3, -0.25) is 4.90 Å². The summed E-state index contributed by atoms with van der Waals surface area (Å²) in [4.78, 5) is 2.57. The first-order chi connectivity index (χ1) is 7.31. The van der Waals surface area contributed by atoms with Gasteiger partial charge in [0.25, 0.3) is 0 Å². The molecule has 1 saturated heterocycles. The molecule has 2 fully saturated rings. The lowest BCUT2D eigenvalue weighted by Crippen LogP contribution is -2.47. The lowest BCUT2D eigenvalue weighted by molar-refractivity contribution is 0.116. The van der Waals surface area contributed by atoms with Crippen molar-refractivity contribution in [1.82, 2.24) is 4.90 Å². The molecular formula is C12H20N2S. The van der Waals surface area contributed by atoms with E-state index in [9.17, 15) is 5.26 Å². The maximum Gasteiger partial charge on any atom is 0.0672 e. The van der Waals surface area contributed by atoms with Crippen molar-refractivity contribution >= 4 is 11.8 Å². The summed E-state index contributed by atoms with van der Waals surface area (Å²) < 4.78 is 0. The van der Waals surface area contributed by atoms with Crippen molar-refractivity contribution < 1.29 is 0 Å². The van der Waals surface area contributed by atoms with Crippen LogP contribution in [0.15, 0.2) is 0 Å². The van der Waals surface area contributed by atoms with Crippen molar-refractivity contribution in [3.05, 3.63) is 0 Å². The van der Waals surface area contributed by atoms with Gasteiger partial charge >= 0.3 is 0 Å². The average Bonchev–Trinajstić information content (AvgIpc) is 2.30. The zero-order valence-electron chi connectivity index (χ0n) is 9.48. The van der Waals surface area contributed by atoms with E-state index in [2.05, 4.69) is 17.9 Å². The molecule has 2 rings (SSSR count). The van der Waals surface area contributed by atoms with E-state index < -0.39 is 0 Å². The second-order valence-electron chi connectivity index (χ2n) is 4.87. The molecule has 3 heteroatoms. The Kier molecular flexibility index (Phi) is 3.93. The Bertz CT molecular complexity index is 242. The van der Waals surface area contributed by atoms with Crippen molar-refractivity contribution in [3.63, 3.8) is 0 Å². The van der Waals surface area contributed by atoms with Crippen LogP contribution in [-0.2, 0) is 0 Å². The molecule has 0 bridgehead atoms. The van der Waals surface area contributed by atoms with E-state index in [4.69, 9.17) is 0 Å². The number of hydrogen-bond donors (Lipinski definition) is 0. The van der Waals surface area contributed by atoms with E-state index in [-0.39, 0.29) is 0 Å². The Morgan fingerprint density at radius 3 is 2.67 bits per heavy atom. The quantitative estimate of drug-likeness (QED) is 0.684. The normalized spacial score (nSPS) is 38.5. The third kappa shape index (κ3) is 2.68. The molecule has 1 saturated carbocycles. The second-order valence-corrected chi connectivity index (χ2v) is 6.09. The predicted octanol–water partition coefficient (Wildman–Crippen LogP) is 2.36. The number of rotatable bonds is 1. The lowest BCUT2D eigenvalue weighted by atomic mass is 9.79. The summed E-state index contributed by atoms with van der Waals surface area (Å²) in [6, 6.07) is 3.08. The molecule has 3 atom stereocenters. The maximum absolute atomic E-state index is 9.20. The van der Waals surface area contributed by atoms with E-state index >= 15 is 0 Å². The highest BCUT2D eigenvalue weighted by Crippen LogP contribution is 2.32. The van der Waals surface area contributed by atoms with Crippen molar-refractivity contribution in [2.24, 2.45) is 11.8 Å². The number of thioether (sulfide) groups is 1. The van der Waals surface area contributed by atoms with Crippen LogP contribution >= 0.6 is 11.8 Å². The zero-order chi connectivity index (χ0) is 10.7. The summed E-state index contributed by atoms with van der Waals surface area (Å²) in [6.07, 6.45) is 3.60. The summed E-state index contributed by atoms with van der Waals surface area (Å²) in [5.41, 5.74) is 0. The first kappa shape index (κ1) is 11.3. The fourth-order valence-corrected chi connectivity index (χ4v) is 3.75. The third-order valence-corrected chi connectivity index (χ3v) is 4.70. The van der Waals surface area contributed by atoms with Gasteiger partial charge in [-0.05, 0) is 25.2 Å². The molecule has 0 aromatic carbocycles. The molecule has 0 spiro atoms. The second kappa shape index (κ2) is 5.23. The van der Waals surface area contributed by atoms with Gasteiger partial charge in [0.2, 0.25) is 0 Å². The van der Waals surface area contributed by atoms with Crippen molar-refractivity contribution in [2.75, 3.05) is 24.6 Å². The average molecular weight is 224 g/mol. The summed E-state index contributed by atoms with van der Waals surface area (Å²) in [6.45, 7) is 4.72. The van der Waals surface area contributed by atoms with Gasteiger partial charge in [0, 0.05) is 30.6 Å². The molecule has 0 aromatic heterocycles. The summed E-state index contributed by atoms with van der Waals surface area (Å²) in [5, 5.41) is 9.20. The Morgan fingerprint density at radius 2 is 2.00 bits per heavy atom. The molecule has 15 heavy (non-hydrogen) atoms. The molecule has 1 aliphatic carbocycles. The zero-order valence-corrected chi connectivity index (χ0v) is 10.3. The minimum Gasteiger partial charge on any atom is -0.297 e. The van der Waals surface area contributed by atoms with Gasteiger partial charge in [-0.15, -0.1) is 0 Å². The lowest BCUT2D eigenvalue weighted by Gasteiger charge is -2.41.